The van der Waals surface area contributed by atoms with Gasteiger partial charge in [0.2, 0.25) is 5.69 Å². The molecular weight excluding hydrogens is 184 g/mol. The molecule has 0 aliphatic heterocycles. The zero-order valence-electron chi connectivity index (χ0n) is 9.92. The van der Waals surface area contributed by atoms with Gasteiger partial charge in [-0.3, -0.25) is 0 Å². The molecule has 15 heavy (non-hydrogen) atoms. The molecule has 0 amide bonds. The zero-order chi connectivity index (χ0) is 10.7. The Balaban J connectivity index is 2.36. The van der Waals surface area contributed by atoms with Gasteiger partial charge >= 0.3 is 0 Å². The van der Waals surface area contributed by atoms with Gasteiger partial charge in [-0.2, -0.15) is 0 Å². The smallest absolute Gasteiger partial charge is 0.0909 e. The van der Waals surface area contributed by atoms with Crippen LogP contribution in [0.3, 0.4) is 0 Å². The van der Waals surface area contributed by atoms with E-state index < -0.39 is 0 Å². The first-order valence-corrected chi connectivity index (χ1v) is 6.12. The van der Waals surface area contributed by atoms with Gasteiger partial charge in [0.25, 0.3) is 0 Å². The van der Waals surface area contributed by atoms with E-state index in [-0.39, 0.29) is 0 Å². The van der Waals surface area contributed by atoms with Crippen molar-refractivity contribution < 1.29 is 4.68 Å². The molecule has 1 heterocycles. The molecule has 0 spiro atoms. The van der Waals surface area contributed by atoms with E-state index >= 15 is 0 Å². The molecule has 0 aromatic carbocycles. The highest BCUT2D eigenvalue weighted by Gasteiger charge is 2.17. The Morgan fingerprint density at radius 2 is 1.73 bits per heavy atom. The minimum Gasteiger partial charge on any atom is -0.0909 e. The van der Waals surface area contributed by atoms with E-state index in [0.29, 0.717) is 0 Å². The molecule has 1 aliphatic carbocycles. The van der Waals surface area contributed by atoms with Gasteiger partial charge in [-0.25, -0.2) is 0 Å². The Bertz CT molecular complexity index is 312. The first-order chi connectivity index (χ1) is 7.29. The maximum atomic E-state index is 4.41. The molecule has 0 N–H and O–H groups in total. The summed E-state index contributed by atoms with van der Waals surface area (Å²) in [7, 11) is 2.08. The lowest BCUT2D eigenvalue weighted by Gasteiger charge is -2.06. The normalized spacial score (nSPS) is 17.5. The first kappa shape index (κ1) is 10.6. The second kappa shape index (κ2) is 4.73. The van der Waals surface area contributed by atoms with E-state index in [1.54, 1.807) is 5.56 Å². The Hall–Kier alpha value is -0.920. The lowest BCUT2D eigenvalue weighted by Crippen LogP contribution is -2.39. The van der Waals surface area contributed by atoms with Gasteiger partial charge in [0, 0.05) is 12.0 Å². The van der Waals surface area contributed by atoms with E-state index in [1.165, 1.54) is 56.2 Å². The third-order valence-electron chi connectivity index (χ3n) is 3.48. The summed E-state index contributed by atoms with van der Waals surface area (Å²) in [6, 6.07) is 0. The van der Waals surface area contributed by atoms with Crippen molar-refractivity contribution in [3.8, 4) is 0 Å². The van der Waals surface area contributed by atoms with Gasteiger partial charge in [0.1, 0.15) is 0 Å². The number of rotatable bonds is 0. The van der Waals surface area contributed by atoms with Crippen LogP contribution in [0.2, 0.25) is 0 Å². The van der Waals surface area contributed by atoms with Crippen LogP contribution in [0.1, 0.15) is 48.9 Å². The van der Waals surface area contributed by atoms with Gasteiger partial charge in [-0.05, 0) is 36.8 Å². The molecule has 0 bridgehead atoms. The van der Waals surface area contributed by atoms with Crippen LogP contribution in [0.15, 0.2) is 6.20 Å². The van der Waals surface area contributed by atoms with Gasteiger partial charge < -0.3 is 0 Å². The standard InChI is InChI=1S/C13H21N2/c1-11-10-14-15(2)13-9-7-5-3-4-6-8-12(11)13/h10H,3-9H2,1-2H3/q+1. The number of nitrogens with zero attached hydrogens (tertiary/aromatic N) is 2. The quantitative estimate of drug-likeness (QED) is 0.594. The predicted octanol–water partition coefficient (Wildman–Crippen LogP) is 2.26. The Morgan fingerprint density at radius 1 is 1.07 bits per heavy atom. The van der Waals surface area contributed by atoms with Crippen LogP contribution in [0, 0.1) is 6.92 Å². The molecule has 0 saturated carbocycles. The van der Waals surface area contributed by atoms with Crippen LogP contribution in [-0.2, 0) is 19.9 Å². The lowest BCUT2D eigenvalue weighted by molar-refractivity contribution is -0.738. The van der Waals surface area contributed by atoms with Gasteiger partial charge in [-0.15, -0.1) is 0 Å². The molecule has 2 heteroatoms. The Kier molecular flexibility index (Phi) is 3.34. The van der Waals surface area contributed by atoms with E-state index in [4.69, 9.17) is 0 Å². The highest BCUT2D eigenvalue weighted by molar-refractivity contribution is 5.24. The van der Waals surface area contributed by atoms with Crippen molar-refractivity contribution >= 4 is 0 Å². The van der Waals surface area contributed by atoms with Crippen LogP contribution in [0.4, 0.5) is 0 Å². The second-order valence-electron chi connectivity index (χ2n) is 4.64. The van der Waals surface area contributed by atoms with Gasteiger partial charge in [0.15, 0.2) is 7.05 Å². The molecule has 1 aromatic rings. The summed E-state index contributed by atoms with van der Waals surface area (Å²) in [6.45, 7) is 2.20. The summed E-state index contributed by atoms with van der Waals surface area (Å²) >= 11 is 0. The molecule has 2 rings (SSSR count). The molecule has 0 fully saturated rings. The van der Waals surface area contributed by atoms with Crippen molar-refractivity contribution in [3.63, 3.8) is 0 Å². The van der Waals surface area contributed by atoms with Crippen LogP contribution >= 0.6 is 0 Å². The van der Waals surface area contributed by atoms with Crippen molar-refractivity contribution in [1.82, 2.24) is 5.10 Å². The second-order valence-corrected chi connectivity index (χ2v) is 4.64. The molecule has 2 nitrogen and oxygen atoms in total. The van der Waals surface area contributed by atoms with Crippen LogP contribution in [0.5, 0.6) is 0 Å². The summed E-state index contributed by atoms with van der Waals surface area (Å²) in [5.74, 6) is 0. The summed E-state index contributed by atoms with van der Waals surface area (Å²) < 4.78 is 2.08. The van der Waals surface area contributed by atoms with Gasteiger partial charge in [-0.1, -0.05) is 23.9 Å². The molecule has 1 aliphatic rings. The SMILES string of the molecule is Cc1cn[n+](C)c2c1CCCCCCC2. The minimum atomic E-state index is 1.21. The molecular formula is C13H21N2+. The third kappa shape index (κ3) is 2.36. The topological polar surface area (TPSA) is 16.8 Å². The van der Waals surface area contributed by atoms with Crippen molar-refractivity contribution in [2.24, 2.45) is 7.05 Å². The van der Waals surface area contributed by atoms with Crippen molar-refractivity contribution in [2.75, 3.05) is 0 Å². The minimum absolute atomic E-state index is 1.21. The molecule has 0 radical (unpaired) electrons. The molecule has 0 unspecified atom stereocenters. The fourth-order valence-corrected chi connectivity index (χ4v) is 2.52. The van der Waals surface area contributed by atoms with Crippen LogP contribution in [0.25, 0.3) is 0 Å². The molecule has 0 saturated heterocycles. The van der Waals surface area contributed by atoms with Crippen LogP contribution in [-0.4, -0.2) is 5.10 Å². The van der Waals surface area contributed by atoms with E-state index in [9.17, 15) is 0 Å². The van der Waals surface area contributed by atoms with E-state index in [0.717, 1.165) is 0 Å². The third-order valence-corrected chi connectivity index (χ3v) is 3.48. The summed E-state index contributed by atoms with van der Waals surface area (Å²) in [4.78, 5) is 0. The van der Waals surface area contributed by atoms with Crippen molar-refractivity contribution in [1.29, 1.82) is 0 Å². The maximum absolute atomic E-state index is 4.41. The number of hydrogen-bond donors (Lipinski definition) is 0. The number of aryl methyl sites for hydroxylation is 2. The lowest BCUT2D eigenvalue weighted by atomic mass is 10.0. The summed E-state index contributed by atoms with van der Waals surface area (Å²) in [6.07, 6.45) is 11.3. The van der Waals surface area contributed by atoms with Crippen LogP contribution < -0.4 is 4.68 Å². The zero-order valence-corrected chi connectivity index (χ0v) is 9.92. The predicted molar refractivity (Wildman–Crippen MR) is 60.6 cm³/mol. The molecule has 82 valence electrons. The highest BCUT2D eigenvalue weighted by atomic mass is 15.2. The number of hydrogen-bond acceptors (Lipinski definition) is 1. The molecule has 1 aromatic heterocycles. The first-order valence-electron chi connectivity index (χ1n) is 6.12. The average molecular weight is 205 g/mol. The van der Waals surface area contributed by atoms with Gasteiger partial charge in [0.05, 0.1) is 6.20 Å². The summed E-state index contributed by atoms with van der Waals surface area (Å²) in [5, 5.41) is 4.41. The van der Waals surface area contributed by atoms with Crippen molar-refractivity contribution in [3.05, 3.63) is 23.0 Å². The van der Waals surface area contributed by atoms with E-state index in [2.05, 4.69) is 23.8 Å². The Morgan fingerprint density at radius 3 is 2.53 bits per heavy atom. The Labute approximate surface area is 92.3 Å². The maximum Gasteiger partial charge on any atom is 0.211 e. The highest BCUT2D eigenvalue weighted by Crippen LogP contribution is 2.19. The van der Waals surface area contributed by atoms with E-state index in [1.807, 2.05) is 6.20 Å². The number of fused-ring (bicyclic) bond motifs is 1. The molecule has 0 atom stereocenters. The largest absolute Gasteiger partial charge is 0.211 e. The fraction of sp³-hybridized carbons (Fsp3) is 0.692. The number of aromatic nitrogens is 2. The average Bonchev–Trinajstić information content (AvgIpc) is 2.35. The van der Waals surface area contributed by atoms with Crippen molar-refractivity contribution in [2.45, 2.75) is 51.9 Å². The summed E-state index contributed by atoms with van der Waals surface area (Å²) in [5.41, 5.74) is 4.41. The fourth-order valence-electron chi connectivity index (χ4n) is 2.52. The monoisotopic (exact) mass is 205 g/mol.